The fraction of sp³-hybridized carbons (Fsp3) is 0.824. The first-order valence-corrected chi connectivity index (χ1v) is 10.6. The van der Waals surface area contributed by atoms with Gasteiger partial charge in [0.1, 0.15) is 0 Å². The molecule has 1 fully saturated rings. The zero-order valence-corrected chi connectivity index (χ0v) is 15.4. The maximum atomic E-state index is 12.3. The van der Waals surface area contributed by atoms with Crippen molar-refractivity contribution in [3.8, 4) is 0 Å². The Morgan fingerprint density at radius 2 is 2.21 bits per heavy atom. The number of carbonyl (C=O) groups is 1. The highest BCUT2D eigenvalue weighted by atomic mass is 32.2. The lowest BCUT2D eigenvalue weighted by molar-refractivity contribution is -0.126. The number of methoxy groups -OCH3 is 1. The van der Waals surface area contributed by atoms with Crippen LogP contribution in [0.4, 0.5) is 0 Å². The van der Waals surface area contributed by atoms with E-state index in [4.69, 9.17) is 4.74 Å². The lowest BCUT2D eigenvalue weighted by atomic mass is 9.96. The van der Waals surface area contributed by atoms with Crippen LogP contribution in [0.25, 0.3) is 0 Å². The van der Waals surface area contributed by atoms with Gasteiger partial charge in [-0.15, -0.1) is 0 Å². The third kappa shape index (κ3) is 5.86. The van der Waals surface area contributed by atoms with E-state index in [1.54, 1.807) is 0 Å². The standard InChI is InChI=1S/C17H30N2O4S/c1-23-12-13-24(21,22)19-11-5-8-16(14-19)17(20)18-10-9-15-6-3-2-4-7-15/h6,16H,2-5,7-14H2,1H3,(H,18,20). The van der Waals surface area contributed by atoms with E-state index >= 15 is 0 Å². The first-order chi connectivity index (χ1) is 11.5. The fourth-order valence-electron chi connectivity index (χ4n) is 3.35. The fourth-order valence-corrected chi connectivity index (χ4v) is 4.80. The Balaban J connectivity index is 1.78. The van der Waals surface area contributed by atoms with E-state index < -0.39 is 10.0 Å². The molecular formula is C17H30N2O4S. The van der Waals surface area contributed by atoms with Gasteiger partial charge in [0.05, 0.1) is 18.3 Å². The van der Waals surface area contributed by atoms with Gasteiger partial charge < -0.3 is 10.1 Å². The third-order valence-electron chi connectivity index (χ3n) is 4.82. The van der Waals surface area contributed by atoms with Crippen molar-refractivity contribution >= 4 is 15.9 Å². The average molecular weight is 359 g/mol. The van der Waals surface area contributed by atoms with Crippen LogP contribution in [0.1, 0.15) is 44.9 Å². The first kappa shape index (κ1) is 19.4. The monoisotopic (exact) mass is 358 g/mol. The van der Waals surface area contributed by atoms with Crippen LogP contribution in [0.15, 0.2) is 11.6 Å². The van der Waals surface area contributed by atoms with Crippen LogP contribution in [0, 0.1) is 5.92 Å². The van der Waals surface area contributed by atoms with Gasteiger partial charge in [0.15, 0.2) is 0 Å². The highest BCUT2D eigenvalue weighted by molar-refractivity contribution is 7.89. The molecule has 1 aliphatic carbocycles. The van der Waals surface area contributed by atoms with Gasteiger partial charge in [0.2, 0.25) is 15.9 Å². The summed E-state index contributed by atoms with van der Waals surface area (Å²) in [5.41, 5.74) is 1.44. The van der Waals surface area contributed by atoms with E-state index in [1.165, 1.54) is 29.8 Å². The maximum Gasteiger partial charge on any atom is 0.224 e. The van der Waals surface area contributed by atoms with Crippen molar-refractivity contribution in [1.29, 1.82) is 0 Å². The highest BCUT2D eigenvalue weighted by Crippen LogP contribution is 2.21. The number of sulfonamides is 1. The molecule has 1 amide bonds. The van der Waals surface area contributed by atoms with E-state index in [9.17, 15) is 13.2 Å². The zero-order chi connectivity index (χ0) is 17.4. The molecule has 1 saturated heterocycles. The molecule has 2 aliphatic rings. The normalized spacial score (nSPS) is 22.9. The number of carbonyl (C=O) groups excluding carboxylic acids is 1. The molecule has 0 spiro atoms. The smallest absolute Gasteiger partial charge is 0.224 e. The zero-order valence-electron chi connectivity index (χ0n) is 14.6. The number of ether oxygens (including phenoxy) is 1. The Kier molecular flexibility index (Phi) is 7.71. The molecule has 0 aromatic rings. The van der Waals surface area contributed by atoms with Gasteiger partial charge >= 0.3 is 0 Å². The molecule has 138 valence electrons. The number of piperidine rings is 1. The van der Waals surface area contributed by atoms with Gasteiger partial charge in [-0.05, 0) is 44.9 Å². The van der Waals surface area contributed by atoms with E-state index in [0.717, 1.165) is 32.1 Å². The van der Waals surface area contributed by atoms with E-state index in [0.29, 0.717) is 19.6 Å². The topological polar surface area (TPSA) is 75.7 Å². The van der Waals surface area contributed by atoms with Crippen LogP contribution in [-0.4, -0.2) is 57.7 Å². The van der Waals surface area contributed by atoms with E-state index in [2.05, 4.69) is 11.4 Å². The van der Waals surface area contributed by atoms with Crippen LogP contribution in [0.5, 0.6) is 0 Å². The lowest BCUT2D eigenvalue weighted by Crippen LogP contribution is -2.46. The molecule has 1 unspecified atom stereocenters. The molecule has 1 aliphatic heterocycles. The number of nitrogens with zero attached hydrogens (tertiary/aromatic N) is 1. The van der Waals surface area contributed by atoms with Crippen LogP contribution in [0.3, 0.4) is 0 Å². The molecule has 24 heavy (non-hydrogen) atoms. The Hall–Kier alpha value is -0.920. The van der Waals surface area contributed by atoms with Gasteiger partial charge in [0.25, 0.3) is 0 Å². The van der Waals surface area contributed by atoms with Crippen molar-refractivity contribution in [3.63, 3.8) is 0 Å². The van der Waals surface area contributed by atoms with Crippen molar-refractivity contribution in [1.82, 2.24) is 9.62 Å². The highest BCUT2D eigenvalue weighted by Gasteiger charge is 2.31. The van der Waals surface area contributed by atoms with E-state index in [1.807, 2.05) is 0 Å². The largest absolute Gasteiger partial charge is 0.384 e. The number of hydrogen-bond acceptors (Lipinski definition) is 4. The summed E-state index contributed by atoms with van der Waals surface area (Å²) in [6.07, 6.45) is 9.50. The summed E-state index contributed by atoms with van der Waals surface area (Å²) in [5, 5.41) is 2.99. The molecule has 0 aromatic heterocycles. The van der Waals surface area contributed by atoms with Crippen molar-refractivity contribution < 1.29 is 17.9 Å². The Morgan fingerprint density at radius 3 is 2.92 bits per heavy atom. The molecule has 7 heteroatoms. The second-order valence-corrected chi connectivity index (χ2v) is 8.74. The lowest BCUT2D eigenvalue weighted by Gasteiger charge is -2.31. The van der Waals surface area contributed by atoms with Crippen LogP contribution < -0.4 is 5.32 Å². The summed E-state index contributed by atoms with van der Waals surface area (Å²) >= 11 is 0. The van der Waals surface area contributed by atoms with Crippen molar-refractivity contribution in [3.05, 3.63) is 11.6 Å². The van der Waals surface area contributed by atoms with Gasteiger partial charge in [-0.25, -0.2) is 12.7 Å². The van der Waals surface area contributed by atoms with Crippen molar-refractivity contribution in [2.45, 2.75) is 44.9 Å². The molecule has 0 bridgehead atoms. The van der Waals surface area contributed by atoms with Crippen molar-refractivity contribution in [2.75, 3.05) is 39.1 Å². The maximum absolute atomic E-state index is 12.3. The predicted molar refractivity (Wildman–Crippen MR) is 94.1 cm³/mol. The molecule has 1 atom stereocenters. The number of amides is 1. The minimum absolute atomic E-state index is 0.0157. The van der Waals surface area contributed by atoms with Crippen molar-refractivity contribution in [2.24, 2.45) is 5.92 Å². The Bertz CT molecular complexity index is 545. The molecule has 2 rings (SSSR count). The summed E-state index contributed by atoms with van der Waals surface area (Å²) in [6.45, 7) is 1.63. The molecule has 0 radical (unpaired) electrons. The number of nitrogens with one attached hydrogen (secondary N) is 1. The summed E-state index contributed by atoms with van der Waals surface area (Å²) in [6, 6.07) is 0. The SMILES string of the molecule is COCCS(=O)(=O)N1CCCC(C(=O)NCCC2=CCCCC2)C1. The summed E-state index contributed by atoms with van der Waals surface area (Å²) in [7, 11) is -1.84. The van der Waals surface area contributed by atoms with Crippen LogP contribution in [-0.2, 0) is 19.6 Å². The molecule has 0 aromatic carbocycles. The molecule has 1 N–H and O–H groups in total. The van der Waals surface area contributed by atoms with Gasteiger partial charge in [-0.2, -0.15) is 0 Å². The summed E-state index contributed by atoms with van der Waals surface area (Å²) in [5.74, 6) is -0.277. The predicted octanol–water partition coefficient (Wildman–Crippen LogP) is 1.68. The third-order valence-corrected chi connectivity index (χ3v) is 6.63. The number of hydrogen-bond donors (Lipinski definition) is 1. The second-order valence-electron chi connectivity index (χ2n) is 6.66. The minimum atomic E-state index is -3.33. The number of allylic oxidation sites excluding steroid dienone is 1. The molecule has 1 heterocycles. The van der Waals surface area contributed by atoms with Gasteiger partial charge in [-0.1, -0.05) is 11.6 Å². The van der Waals surface area contributed by atoms with Crippen LogP contribution >= 0.6 is 0 Å². The number of rotatable bonds is 8. The Morgan fingerprint density at radius 1 is 1.38 bits per heavy atom. The van der Waals surface area contributed by atoms with Gasteiger partial charge in [-0.3, -0.25) is 4.79 Å². The molecular weight excluding hydrogens is 328 g/mol. The molecule has 6 nitrogen and oxygen atoms in total. The van der Waals surface area contributed by atoms with Crippen LogP contribution in [0.2, 0.25) is 0 Å². The second kappa shape index (κ2) is 9.53. The van der Waals surface area contributed by atoms with Gasteiger partial charge in [0, 0.05) is 26.7 Å². The summed E-state index contributed by atoms with van der Waals surface area (Å²) in [4.78, 5) is 12.3. The summed E-state index contributed by atoms with van der Waals surface area (Å²) < 4.78 is 30.8. The molecule has 0 saturated carbocycles. The first-order valence-electron chi connectivity index (χ1n) is 8.95. The van der Waals surface area contributed by atoms with E-state index in [-0.39, 0.29) is 24.2 Å². The average Bonchev–Trinajstić information content (AvgIpc) is 2.61. The quantitative estimate of drug-likeness (QED) is 0.670. The Labute approximate surface area is 145 Å². The minimum Gasteiger partial charge on any atom is -0.384 e.